The summed E-state index contributed by atoms with van der Waals surface area (Å²) in [5.41, 5.74) is 0.0418. The van der Waals surface area contributed by atoms with Gasteiger partial charge in [0.05, 0.1) is 5.56 Å². The molecule has 1 aliphatic rings. The molecule has 1 heterocycles. The van der Waals surface area contributed by atoms with Crippen molar-refractivity contribution in [1.82, 2.24) is 4.90 Å². The number of hydrogen-bond donors (Lipinski definition) is 0. The second kappa shape index (κ2) is 9.27. The van der Waals surface area contributed by atoms with E-state index in [0.717, 1.165) is 12.1 Å². The fourth-order valence-electron chi connectivity index (χ4n) is 3.56. The van der Waals surface area contributed by atoms with Crippen LogP contribution in [-0.2, 0) is 11.0 Å². The van der Waals surface area contributed by atoms with Crippen molar-refractivity contribution < 1.29 is 22.8 Å². The highest BCUT2D eigenvalue weighted by Gasteiger charge is 2.32. The van der Waals surface area contributed by atoms with Crippen LogP contribution in [0.4, 0.5) is 18.9 Å². The van der Waals surface area contributed by atoms with Crippen LogP contribution in [-0.4, -0.2) is 41.7 Å². The maximum absolute atomic E-state index is 12.7. The van der Waals surface area contributed by atoms with Gasteiger partial charge in [-0.05, 0) is 55.3 Å². The van der Waals surface area contributed by atoms with E-state index in [1.165, 1.54) is 12.1 Å². The lowest BCUT2D eigenvalue weighted by molar-refractivity contribution is -0.137. The first-order valence-electron chi connectivity index (χ1n) is 9.31. The predicted molar refractivity (Wildman–Crippen MR) is 110 cm³/mol. The van der Waals surface area contributed by atoms with Crippen molar-refractivity contribution in [2.24, 2.45) is 0 Å². The molecular weight excluding hydrogens is 440 g/mol. The summed E-state index contributed by atoms with van der Waals surface area (Å²) in [6, 6.07) is 10.9. The average Bonchev–Trinajstić information content (AvgIpc) is 2.73. The average molecular weight is 459 g/mol. The van der Waals surface area contributed by atoms with Crippen LogP contribution in [0.15, 0.2) is 48.5 Å². The molecule has 1 fully saturated rings. The summed E-state index contributed by atoms with van der Waals surface area (Å²) in [4.78, 5) is 28.3. The largest absolute Gasteiger partial charge is 0.416 e. The number of alkyl halides is 4. The molecule has 3 rings (SSSR count). The fourth-order valence-corrected chi connectivity index (χ4v) is 3.87. The Morgan fingerprint density at radius 2 is 1.70 bits per heavy atom. The number of rotatable bonds is 4. The summed E-state index contributed by atoms with van der Waals surface area (Å²) in [5.74, 6) is -0.774. The Bertz CT molecular complexity index is 911. The summed E-state index contributed by atoms with van der Waals surface area (Å²) in [7, 11) is 0. The highest BCUT2D eigenvalue weighted by atomic mass is 35.5. The van der Waals surface area contributed by atoms with Crippen LogP contribution in [0.3, 0.4) is 0 Å². The van der Waals surface area contributed by atoms with Crippen LogP contribution >= 0.6 is 23.2 Å². The van der Waals surface area contributed by atoms with Crippen LogP contribution in [0.2, 0.25) is 5.02 Å². The van der Waals surface area contributed by atoms with Crippen LogP contribution in [0.25, 0.3) is 0 Å². The Balaban J connectivity index is 1.69. The van der Waals surface area contributed by atoms with Crippen molar-refractivity contribution in [3.05, 3.63) is 64.7 Å². The number of carbonyl (C=O) groups is 2. The summed E-state index contributed by atoms with van der Waals surface area (Å²) in [6.45, 7) is 0.744. The third-order valence-electron chi connectivity index (χ3n) is 5.05. The number of anilines is 1. The van der Waals surface area contributed by atoms with E-state index >= 15 is 0 Å². The van der Waals surface area contributed by atoms with Crippen molar-refractivity contribution >= 4 is 40.7 Å². The standard InChI is InChI=1S/C21H19Cl2F3N2O2/c22-13-19(29)28(18-3-1-2-16(23)12-18)17-8-10-27(11-9-17)20(30)14-4-6-15(7-5-14)21(24,25)26/h1-7,12,17H,8-11,13H2. The number of carbonyl (C=O) groups excluding carboxylic acids is 2. The van der Waals surface area contributed by atoms with E-state index in [-0.39, 0.29) is 29.3 Å². The molecule has 4 nitrogen and oxygen atoms in total. The van der Waals surface area contributed by atoms with E-state index in [2.05, 4.69) is 0 Å². The van der Waals surface area contributed by atoms with Crippen molar-refractivity contribution in [3.63, 3.8) is 0 Å². The van der Waals surface area contributed by atoms with Crippen LogP contribution in [0.5, 0.6) is 0 Å². The number of hydrogen-bond acceptors (Lipinski definition) is 2. The first kappa shape index (κ1) is 22.4. The molecular formula is C21H19Cl2F3N2O2. The normalized spacial score (nSPS) is 15.2. The Kier molecular flexibility index (Phi) is 6.93. The van der Waals surface area contributed by atoms with Gasteiger partial charge in [-0.3, -0.25) is 9.59 Å². The fraction of sp³-hybridized carbons (Fsp3) is 0.333. The van der Waals surface area contributed by atoms with Gasteiger partial charge in [0.15, 0.2) is 0 Å². The monoisotopic (exact) mass is 458 g/mol. The molecule has 1 aliphatic heterocycles. The maximum atomic E-state index is 12.7. The molecule has 30 heavy (non-hydrogen) atoms. The van der Waals surface area contributed by atoms with Gasteiger partial charge in [-0.15, -0.1) is 11.6 Å². The summed E-state index contributed by atoms with van der Waals surface area (Å²) in [5, 5.41) is 0.495. The zero-order chi connectivity index (χ0) is 21.9. The molecule has 1 saturated heterocycles. The van der Waals surface area contributed by atoms with Crippen molar-refractivity contribution in [2.75, 3.05) is 23.9 Å². The van der Waals surface area contributed by atoms with Gasteiger partial charge in [-0.2, -0.15) is 13.2 Å². The molecule has 0 unspecified atom stereocenters. The molecule has 2 aromatic rings. The van der Waals surface area contributed by atoms with E-state index in [9.17, 15) is 22.8 Å². The zero-order valence-electron chi connectivity index (χ0n) is 15.8. The molecule has 2 aromatic carbocycles. The Hall–Kier alpha value is -2.25. The molecule has 9 heteroatoms. The summed E-state index contributed by atoms with van der Waals surface area (Å²) in [6.07, 6.45) is -3.41. The molecule has 0 aliphatic carbocycles. The molecule has 2 amide bonds. The Morgan fingerprint density at radius 1 is 1.07 bits per heavy atom. The van der Waals surface area contributed by atoms with E-state index in [1.54, 1.807) is 34.1 Å². The van der Waals surface area contributed by atoms with Crippen LogP contribution in [0, 0.1) is 0 Å². The quantitative estimate of drug-likeness (QED) is 0.588. The number of benzene rings is 2. The number of nitrogens with zero attached hydrogens (tertiary/aromatic N) is 2. The molecule has 0 radical (unpaired) electrons. The van der Waals surface area contributed by atoms with Gasteiger partial charge >= 0.3 is 6.18 Å². The lowest BCUT2D eigenvalue weighted by atomic mass is 10.0. The van der Waals surface area contributed by atoms with Gasteiger partial charge in [-0.1, -0.05) is 17.7 Å². The number of halogens is 5. The predicted octanol–water partition coefficient (Wildman–Crippen LogP) is 5.24. The van der Waals surface area contributed by atoms with Crippen molar-refractivity contribution in [3.8, 4) is 0 Å². The first-order valence-corrected chi connectivity index (χ1v) is 10.2. The summed E-state index contributed by atoms with van der Waals surface area (Å²) >= 11 is 11.8. The second-order valence-electron chi connectivity index (χ2n) is 6.98. The molecule has 0 atom stereocenters. The van der Waals surface area contributed by atoms with E-state index < -0.39 is 11.7 Å². The molecule has 0 N–H and O–H groups in total. The molecule has 160 valence electrons. The minimum absolute atomic E-state index is 0.161. The third kappa shape index (κ3) is 5.08. The Morgan fingerprint density at radius 3 is 2.23 bits per heavy atom. The zero-order valence-corrected chi connectivity index (χ0v) is 17.3. The van der Waals surface area contributed by atoms with Gasteiger partial charge in [0, 0.05) is 35.4 Å². The Labute approximate surface area is 182 Å². The smallest absolute Gasteiger partial charge is 0.338 e. The molecule has 0 spiro atoms. The highest BCUT2D eigenvalue weighted by molar-refractivity contribution is 6.31. The highest BCUT2D eigenvalue weighted by Crippen LogP contribution is 2.30. The molecule has 0 aromatic heterocycles. The van der Waals surface area contributed by atoms with E-state index in [1.807, 2.05) is 0 Å². The van der Waals surface area contributed by atoms with Crippen LogP contribution < -0.4 is 4.90 Å². The first-order chi connectivity index (χ1) is 14.2. The SMILES string of the molecule is O=C(c1ccc(C(F)(F)F)cc1)N1CCC(N(C(=O)CCl)c2cccc(Cl)c2)CC1. The third-order valence-corrected chi connectivity index (χ3v) is 5.51. The lowest BCUT2D eigenvalue weighted by Gasteiger charge is -2.38. The van der Waals surface area contributed by atoms with Crippen molar-refractivity contribution in [1.29, 1.82) is 0 Å². The van der Waals surface area contributed by atoms with Gasteiger partial charge in [-0.25, -0.2) is 0 Å². The van der Waals surface area contributed by atoms with Gasteiger partial charge in [0.2, 0.25) is 5.91 Å². The maximum Gasteiger partial charge on any atom is 0.416 e. The van der Waals surface area contributed by atoms with Gasteiger partial charge in [0.1, 0.15) is 5.88 Å². The minimum atomic E-state index is -4.45. The van der Waals surface area contributed by atoms with Gasteiger partial charge < -0.3 is 9.80 Å². The lowest BCUT2D eigenvalue weighted by Crippen LogP contribution is -2.49. The molecule has 0 saturated carbocycles. The number of amides is 2. The van der Waals surface area contributed by atoms with Crippen LogP contribution in [0.1, 0.15) is 28.8 Å². The molecule has 0 bridgehead atoms. The van der Waals surface area contributed by atoms with E-state index in [4.69, 9.17) is 23.2 Å². The van der Waals surface area contributed by atoms with Gasteiger partial charge in [0.25, 0.3) is 5.91 Å². The number of piperidine rings is 1. The topological polar surface area (TPSA) is 40.6 Å². The number of likely N-dealkylation sites (tertiary alicyclic amines) is 1. The van der Waals surface area contributed by atoms with Crippen molar-refractivity contribution in [2.45, 2.75) is 25.1 Å². The second-order valence-corrected chi connectivity index (χ2v) is 7.68. The van der Waals surface area contributed by atoms with E-state index in [0.29, 0.717) is 36.6 Å². The summed E-state index contributed by atoms with van der Waals surface area (Å²) < 4.78 is 38.1. The minimum Gasteiger partial charge on any atom is -0.338 e.